The van der Waals surface area contributed by atoms with E-state index in [9.17, 15) is 9.90 Å². The zero-order valence-electron chi connectivity index (χ0n) is 15.9. The molecule has 2 aromatic rings. The maximum absolute atomic E-state index is 12.8. The van der Waals surface area contributed by atoms with E-state index in [-0.39, 0.29) is 11.7 Å². The highest BCUT2D eigenvalue weighted by Crippen LogP contribution is 2.36. The summed E-state index contributed by atoms with van der Waals surface area (Å²) in [5, 5.41) is 10.7. The van der Waals surface area contributed by atoms with Crippen molar-refractivity contribution in [3.05, 3.63) is 88.9 Å². The van der Waals surface area contributed by atoms with Crippen LogP contribution in [0.2, 0.25) is 0 Å². The van der Waals surface area contributed by atoms with Crippen molar-refractivity contribution in [2.24, 2.45) is 4.99 Å². The number of phenolic OH excluding ortho intramolecular Hbond substituents is 1. The minimum Gasteiger partial charge on any atom is -0.506 e. The first-order valence-corrected chi connectivity index (χ1v) is 9.73. The van der Waals surface area contributed by atoms with Crippen LogP contribution < -0.4 is 0 Å². The zero-order chi connectivity index (χ0) is 20.1. The number of benzene rings is 2. The topological polar surface area (TPSA) is 52.9 Å². The number of allylic oxidation sites excluding steroid dienone is 2. The molecule has 1 fully saturated rings. The van der Waals surface area contributed by atoms with Gasteiger partial charge < -0.3 is 5.11 Å². The van der Waals surface area contributed by atoms with Crippen LogP contribution in [0.4, 0.5) is 5.69 Å². The highest BCUT2D eigenvalue weighted by atomic mass is 32.2. The van der Waals surface area contributed by atoms with Crippen LogP contribution in [0.15, 0.2) is 82.7 Å². The number of rotatable bonds is 5. The molecule has 1 saturated heterocycles. The number of hydrogen-bond donors (Lipinski definition) is 1. The maximum Gasteiger partial charge on any atom is 0.267 e. The van der Waals surface area contributed by atoms with Gasteiger partial charge in [-0.3, -0.25) is 9.69 Å². The van der Waals surface area contributed by atoms with Crippen LogP contribution in [-0.2, 0) is 4.79 Å². The Balaban J connectivity index is 1.93. The Morgan fingerprint density at radius 1 is 1.25 bits per heavy atom. The van der Waals surface area contributed by atoms with Crippen molar-refractivity contribution in [3.8, 4) is 5.75 Å². The lowest BCUT2D eigenvalue weighted by atomic mass is 10.1. The van der Waals surface area contributed by atoms with E-state index in [1.54, 1.807) is 23.1 Å². The summed E-state index contributed by atoms with van der Waals surface area (Å²) in [6.07, 6.45) is 5.56. The number of nitrogens with zero attached hydrogens (tertiary/aromatic N) is 2. The fraction of sp³-hybridized carbons (Fsp3) is 0.130. The molecular formula is C23H22N2O2S. The third kappa shape index (κ3) is 4.61. The summed E-state index contributed by atoms with van der Waals surface area (Å²) in [5.74, 6) is -0.0206. The van der Waals surface area contributed by atoms with Gasteiger partial charge >= 0.3 is 0 Å². The van der Waals surface area contributed by atoms with E-state index in [1.807, 2.05) is 62.4 Å². The second-order valence-electron chi connectivity index (χ2n) is 6.50. The van der Waals surface area contributed by atoms with Crippen LogP contribution in [0.25, 0.3) is 6.08 Å². The number of carbonyl (C=O) groups excluding carboxylic acids is 1. The molecule has 1 aliphatic heterocycles. The van der Waals surface area contributed by atoms with Crippen molar-refractivity contribution in [2.45, 2.75) is 13.8 Å². The molecule has 1 N–H and O–H groups in total. The molecule has 2 aromatic carbocycles. The van der Waals surface area contributed by atoms with Crippen molar-refractivity contribution in [1.82, 2.24) is 4.90 Å². The summed E-state index contributed by atoms with van der Waals surface area (Å²) >= 11 is 1.30. The Morgan fingerprint density at radius 3 is 2.68 bits per heavy atom. The average Bonchev–Trinajstić information content (AvgIpc) is 2.94. The van der Waals surface area contributed by atoms with Crippen LogP contribution in [-0.4, -0.2) is 27.6 Å². The van der Waals surface area contributed by atoms with E-state index in [0.717, 1.165) is 16.7 Å². The van der Waals surface area contributed by atoms with Crippen molar-refractivity contribution in [1.29, 1.82) is 0 Å². The Bertz CT molecular complexity index is 991. The van der Waals surface area contributed by atoms with Gasteiger partial charge in [0.15, 0.2) is 5.17 Å². The molecule has 0 aromatic heterocycles. The fourth-order valence-corrected chi connectivity index (χ4v) is 3.82. The molecule has 4 nitrogen and oxygen atoms in total. The molecule has 0 saturated carbocycles. The van der Waals surface area contributed by atoms with Crippen LogP contribution >= 0.6 is 11.8 Å². The number of aryl methyl sites for hydroxylation is 1. The first-order valence-electron chi connectivity index (χ1n) is 8.92. The number of carbonyl (C=O) groups is 1. The van der Waals surface area contributed by atoms with E-state index in [4.69, 9.17) is 0 Å². The Hall–Kier alpha value is -3.05. The fourth-order valence-electron chi connectivity index (χ4n) is 2.77. The SMILES string of the molecule is C=CCN1C(=O)/C(=C/C(C)=C/c2ccccc2)SC1=Nc1ccc(C)cc1O. The number of amidine groups is 1. The van der Waals surface area contributed by atoms with Gasteiger partial charge in [0.25, 0.3) is 5.91 Å². The number of thioether (sulfide) groups is 1. The number of aromatic hydroxyl groups is 1. The summed E-state index contributed by atoms with van der Waals surface area (Å²) in [4.78, 5) is 19.5. The van der Waals surface area contributed by atoms with Gasteiger partial charge in [-0.25, -0.2) is 4.99 Å². The average molecular weight is 391 g/mol. The molecule has 1 amide bonds. The summed E-state index contributed by atoms with van der Waals surface area (Å²) in [6, 6.07) is 15.2. The highest BCUT2D eigenvalue weighted by molar-refractivity contribution is 8.18. The van der Waals surface area contributed by atoms with Gasteiger partial charge in [-0.1, -0.05) is 48.6 Å². The van der Waals surface area contributed by atoms with Crippen LogP contribution in [0.3, 0.4) is 0 Å². The molecule has 0 spiro atoms. The van der Waals surface area contributed by atoms with E-state index in [1.165, 1.54) is 11.8 Å². The molecule has 0 radical (unpaired) electrons. The normalized spacial score (nSPS) is 17.6. The largest absolute Gasteiger partial charge is 0.506 e. The van der Waals surface area contributed by atoms with E-state index >= 15 is 0 Å². The first kappa shape index (κ1) is 19.7. The molecule has 0 atom stereocenters. The number of amides is 1. The molecular weight excluding hydrogens is 368 g/mol. The lowest BCUT2D eigenvalue weighted by Crippen LogP contribution is -2.29. The van der Waals surface area contributed by atoms with Crippen LogP contribution in [0.5, 0.6) is 5.75 Å². The molecule has 5 heteroatoms. The molecule has 142 valence electrons. The van der Waals surface area contributed by atoms with Gasteiger partial charge in [0.1, 0.15) is 11.4 Å². The monoisotopic (exact) mass is 390 g/mol. The molecule has 3 rings (SSSR count). The van der Waals surface area contributed by atoms with E-state index in [0.29, 0.717) is 22.3 Å². The molecule has 1 heterocycles. The third-order valence-corrected chi connectivity index (χ3v) is 5.11. The molecule has 0 bridgehead atoms. The molecule has 1 aliphatic rings. The van der Waals surface area contributed by atoms with Crippen molar-refractivity contribution < 1.29 is 9.90 Å². The zero-order valence-corrected chi connectivity index (χ0v) is 16.7. The summed E-state index contributed by atoms with van der Waals surface area (Å²) in [7, 11) is 0. The summed E-state index contributed by atoms with van der Waals surface area (Å²) < 4.78 is 0. The maximum atomic E-state index is 12.8. The van der Waals surface area contributed by atoms with Gasteiger partial charge in [-0.2, -0.15) is 0 Å². The van der Waals surface area contributed by atoms with Gasteiger partial charge in [0.05, 0.1) is 4.91 Å². The standard InChI is InChI=1S/C23H22N2O2S/c1-4-12-25-22(27)21(15-17(3)13-18-8-6-5-7-9-18)28-23(25)24-19-11-10-16(2)14-20(19)26/h4-11,13-15,26H,1,12H2,2-3H3/b17-13+,21-15-,24-23?. The van der Waals surface area contributed by atoms with Crippen molar-refractivity contribution in [3.63, 3.8) is 0 Å². The van der Waals surface area contributed by atoms with Gasteiger partial charge in [-0.05, 0) is 60.5 Å². The van der Waals surface area contributed by atoms with Crippen LogP contribution in [0, 0.1) is 6.92 Å². The lowest BCUT2D eigenvalue weighted by molar-refractivity contribution is -0.121. The quantitative estimate of drug-likeness (QED) is 0.546. The highest BCUT2D eigenvalue weighted by Gasteiger charge is 2.32. The molecule has 28 heavy (non-hydrogen) atoms. The predicted octanol–water partition coefficient (Wildman–Crippen LogP) is 5.44. The number of hydrogen-bond acceptors (Lipinski definition) is 4. The first-order chi connectivity index (χ1) is 13.5. The minimum absolute atomic E-state index is 0.0942. The Kier molecular flexibility index (Phi) is 6.16. The smallest absolute Gasteiger partial charge is 0.267 e. The van der Waals surface area contributed by atoms with E-state index < -0.39 is 0 Å². The third-order valence-electron chi connectivity index (χ3n) is 4.10. The Labute approximate surface area is 169 Å². The number of phenols is 1. The van der Waals surface area contributed by atoms with Gasteiger partial charge in [-0.15, -0.1) is 6.58 Å². The summed E-state index contributed by atoms with van der Waals surface area (Å²) in [6.45, 7) is 7.95. The summed E-state index contributed by atoms with van der Waals surface area (Å²) in [5.41, 5.74) is 3.43. The predicted molar refractivity (Wildman–Crippen MR) is 118 cm³/mol. The van der Waals surface area contributed by atoms with Crippen molar-refractivity contribution >= 4 is 34.6 Å². The minimum atomic E-state index is -0.115. The van der Waals surface area contributed by atoms with Gasteiger partial charge in [0, 0.05) is 6.54 Å². The molecule has 0 aliphatic carbocycles. The lowest BCUT2D eigenvalue weighted by Gasteiger charge is -2.12. The second kappa shape index (κ2) is 8.76. The molecule has 0 unspecified atom stereocenters. The van der Waals surface area contributed by atoms with Crippen LogP contribution in [0.1, 0.15) is 18.1 Å². The van der Waals surface area contributed by atoms with Gasteiger partial charge in [0.2, 0.25) is 0 Å². The second-order valence-corrected chi connectivity index (χ2v) is 7.51. The number of aliphatic imine (C=N–C) groups is 1. The van der Waals surface area contributed by atoms with Crippen molar-refractivity contribution in [2.75, 3.05) is 6.54 Å². The Morgan fingerprint density at radius 2 is 2.00 bits per heavy atom. The van der Waals surface area contributed by atoms with E-state index in [2.05, 4.69) is 11.6 Å².